The molecule has 0 unspecified atom stereocenters. The van der Waals surface area contributed by atoms with Crippen LogP contribution in [0.2, 0.25) is 0 Å². The van der Waals surface area contributed by atoms with Crippen LogP contribution in [0.1, 0.15) is 28.5 Å². The molecule has 32 heavy (non-hydrogen) atoms. The van der Waals surface area contributed by atoms with Crippen molar-refractivity contribution in [3.8, 4) is 11.3 Å². The van der Waals surface area contributed by atoms with E-state index in [1.165, 1.54) is 6.07 Å². The number of benzene rings is 2. The molecule has 3 rings (SSSR count). The van der Waals surface area contributed by atoms with Gasteiger partial charge in [-0.1, -0.05) is 60.2 Å². The summed E-state index contributed by atoms with van der Waals surface area (Å²) in [4.78, 5) is 3.79. The van der Waals surface area contributed by atoms with Gasteiger partial charge < -0.3 is 15.2 Å². The molecule has 2 aromatic carbocycles. The number of aryl methyl sites for hydroxylation is 1. The van der Waals surface area contributed by atoms with Crippen molar-refractivity contribution in [1.82, 2.24) is 10.3 Å². The van der Waals surface area contributed by atoms with Crippen LogP contribution in [0.4, 0.5) is 13.2 Å². The summed E-state index contributed by atoms with van der Waals surface area (Å²) < 4.78 is 45.7. The minimum atomic E-state index is -4.62. The number of halogens is 3. The van der Waals surface area contributed by atoms with Crippen molar-refractivity contribution in [3.63, 3.8) is 0 Å². The normalized spacial score (nSPS) is 13.7. The van der Waals surface area contributed by atoms with E-state index in [1.807, 2.05) is 49.4 Å². The van der Waals surface area contributed by atoms with Crippen LogP contribution in [0, 0.1) is 6.92 Å². The van der Waals surface area contributed by atoms with Gasteiger partial charge in [0.1, 0.15) is 5.69 Å². The van der Waals surface area contributed by atoms with E-state index in [0.717, 1.165) is 17.2 Å². The molecule has 3 aromatic rings. The van der Waals surface area contributed by atoms with Gasteiger partial charge in [0.15, 0.2) is 0 Å². The molecule has 1 heterocycles. The van der Waals surface area contributed by atoms with Gasteiger partial charge >= 0.3 is 6.18 Å². The predicted molar refractivity (Wildman–Crippen MR) is 118 cm³/mol. The number of hydrogen-bond acceptors (Lipinski definition) is 4. The highest BCUT2D eigenvalue weighted by Gasteiger charge is 2.34. The van der Waals surface area contributed by atoms with Crippen LogP contribution in [0.3, 0.4) is 0 Å². The number of pyridine rings is 1. The number of nitrogens with one attached hydrogen (secondary N) is 1. The van der Waals surface area contributed by atoms with E-state index in [0.29, 0.717) is 18.6 Å². The molecule has 0 bridgehead atoms. The van der Waals surface area contributed by atoms with Gasteiger partial charge in [0.25, 0.3) is 0 Å². The van der Waals surface area contributed by atoms with Gasteiger partial charge in [0, 0.05) is 25.3 Å². The number of nitrogens with zero attached hydrogens (tertiary/aromatic N) is 1. The fourth-order valence-corrected chi connectivity index (χ4v) is 3.45. The van der Waals surface area contributed by atoms with Crippen LogP contribution < -0.4 is 5.32 Å². The SMILES string of the molecule is COC[C@H](Cc1ccccc1)NC[C@H](O)c1cc(-c2ccc(C)cc2)nc(C(F)(F)F)c1. The maximum Gasteiger partial charge on any atom is 0.433 e. The lowest BCUT2D eigenvalue weighted by Gasteiger charge is -2.21. The summed E-state index contributed by atoms with van der Waals surface area (Å²) in [5.74, 6) is 0. The Morgan fingerprint density at radius 3 is 2.34 bits per heavy atom. The third-order valence-electron chi connectivity index (χ3n) is 5.16. The van der Waals surface area contributed by atoms with Gasteiger partial charge in [0.2, 0.25) is 0 Å². The van der Waals surface area contributed by atoms with Gasteiger partial charge in [0.05, 0.1) is 18.4 Å². The zero-order valence-corrected chi connectivity index (χ0v) is 18.1. The number of hydrogen-bond donors (Lipinski definition) is 2. The lowest BCUT2D eigenvalue weighted by atomic mass is 10.0. The Kier molecular flexibility index (Phi) is 8.01. The fraction of sp³-hybridized carbons (Fsp3) is 0.320. The van der Waals surface area contributed by atoms with Crippen LogP contribution in [0.25, 0.3) is 11.3 Å². The highest BCUT2D eigenvalue weighted by Crippen LogP contribution is 2.32. The van der Waals surface area contributed by atoms with Crippen LogP contribution >= 0.6 is 0 Å². The van der Waals surface area contributed by atoms with Crippen LogP contribution in [-0.2, 0) is 17.3 Å². The number of aliphatic hydroxyl groups is 1. The summed E-state index contributed by atoms with van der Waals surface area (Å²) in [5, 5.41) is 13.9. The lowest BCUT2D eigenvalue weighted by Crippen LogP contribution is -2.38. The van der Waals surface area contributed by atoms with Crippen molar-refractivity contribution in [1.29, 1.82) is 0 Å². The molecule has 1 aromatic heterocycles. The van der Waals surface area contributed by atoms with Crippen LogP contribution in [0.5, 0.6) is 0 Å². The predicted octanol–water partition coefficient (Wildman–Crippen LogP) is 4.96. The Hall–Kier alpha value is -2.74. The van der Waals surface area contributed by atoms with E-state index in [4.69, 9.17) is 4.74 Å². The number of ether oxygens (including phenoxy) is 1. The van der Waals surface area contributed by atoms with E-state index in [-0.39, 0.29) is 23.8 Å². The van der Waals surface area contributed by atoms with Crippen molar-refractivity contribution in [2.24, 2.45) is 0 Å². The van der Waals surface area contributed by atoms with E-state index >= 15 is 0 Å². The molecule has 170 valence electrons. The molecule has 0 aliphatic heterocycles. The van der Waals surface area contributed by atoms with Crippen molar-refractivity contribution in [2.45, 2.75) is 31.7 Å². The van der Waals surface area contributed by atoms with Crippen molar-refractivity contribution >= 4 is 0 Å². The molecule has 2 N–H and O–H groups in total. The first-order chi connectivity index (χ1) is 15.3. The Labute approximate surface area is 186 Å². The summed E-state index contributed by atoms with van der Waals surface area (Å²) >= 11 is 0. The van der Waals surface area contributed by atoms with Gasteiger partial charge in [-0.25, -0.2) is 4.98 Å². The molecular weight excluding hydrogens is 417 g/mol. The summed E-state index contributed by atoms with van der Waals surface area (Å²) in [7, 11) is 1.59. The molecule has 0 aliphatic carbocycles. The number of methoxy groups -OCH3 is 1. The molecule has 4 nitrogen and oxygen atoms in total. The molecule has 0 spiro atoms. The average molecular weight is 444 g/mol. The monoisotopic (exact) mass is 444 g/mol. The first-order valence-electron chi connectivity index (χ1n) is 10.4. The van der Waals surface area contributed by atoms with Crippen molar-refractivity contribution < 1.29 is 23.0 Å². The van der Waals surface area contributed by atoms with Crippen LogP contribution in [0.15, 0.2) is 66.7 Å². The van der Waals surface area contributed by atoms with Crippen molar-refractivity contribution in [2.75, 3.05) is 20.3 Å². The molecule has 0 fully saturated rings. The molecule has 0 amide bonds. The standard InChI is InChI=1S/C25H27F3N2O2/c1-17-8-10-19(11-9-17)22-13-20(14-24(30-22)25(26,27)28)23(31)15-29-21(16-32-2)12-18-6-4-3-5-7-18/h3-11,13-14,21,23,29,31H,12,15-16H2,1-2H3/t21-,23-/m0/s1. The zero-order valence-electron chi connectivity index (χ0n) is 18.1. The summed E-state index contributed by atoms with van der Waals surface area (Å²) in [6.07, 6.45) is -5.09. The molecule has 0 aliphatic rings. The van der Waals surface area contributed by atoms with E-state index < -0.39 is 18.0 Å². The number of aliphatic hydroxyl groups excluding tert-OH is 1. The second-order valence-electron chi connectivity index (χ2n) is 7.80. The highest BCUT2D eigenvalue weighted by molar-refractivity contribution is 5.61. The minimum Gasteiger partial charge on any atom is -0.387 e. The second-order valence-corrected chi connectivity index (χ2v) is 7.80. The molecule has 0 saturated carbocycles. The van der Waals surface area contributed by atoms with E-state index in [2.05, 4.69) is 10.3 Å². The smallest absolute Gasteiger partial charge is 0.387 e. The molecule has 0 radical (unpaired) electrons. The largest absolute Gasteiger partial charge is 0.433 e. The van der Waals surface area contributed by atoms with Gasteiger partial charge in [-0.2, -0.15) is 13.2 Å². The maximum atomic E-state index is 13.5. The van der Waals surface area contributed by atoms with Crippen LogP contribution in [-0.4, -0.2) is 36.4 Å². The lowest BCUT2D eigenvalue weighted by molar-refractivity contribution is -0.141. The molecule has 7 heteroatoms. The first kappa shape index (κ1) is 23.9. The summed E-state index contributed by atoms with van der Waals surface area (Å²) in [6, 6.07) is 19.2. The second kappa shape index (κ2) is 10.7. The Bertz CT molecular complexity index is 992. The first-order valence-corrected chi connectivity index (χ1v) is 10.4. The Balaban J connectivity index is 1.80. The summed E-state index contributed by atoms with van der Waals surface area (Å²) in [5.41, 5.74) is 1.96. The Morgan fingerprint density at radius 1 is 1.03 bits per heavy atom. The maximum absolute atomic E-state index is 13.5. The number of rotatable bonds is 9. The number of aromatic nitrogens is 1. The molecular formula is C25H27F3N2O2. The number of alkyl halides is 3. The third kappa shape index (κ3) is 6.63. The van der Waals surface area contributed by atoms with Gasteiger partial charge in [-0.15, -0.1) is 0 Å². The Morgan fingerprint density at radius 2 is 1.72 bits per heavy atom. The quantitative estimate of drug-likeness (QED) is 0.490. The minimum absolute atomic E-state index is 0.0789. The molecule has 2 atom stereocenters. The van der Waals surface area contributed by atoms with Gasteiger partial charge in [-0.05, 0) is 36.6 Å². The van der Waals surface area contributed by atoms with Crippen molar-refractivity contribution in [3.05, 3.63) is 89.1 Å². The fourth-order valence-electron chi connectivity index (χ4n) is 3.45. The van der Waals surface area contributed by atoms with E-state index in [1.54, 1.807) is 19.2 Å². The average Bonchev–Trinajstić information content (AvgIpc) is 2.77. The zero-order chi connectivity index (χ0) is 23.1. The molecule has 0 saturated heterocycles. The topological polar surface area (TPSA) is 54.4 Å². The van der Waals surface area contributed by atoms with E-state index in [9.17, 15) is 18.3 Å². The highest BCUT2D eigenvalue weighted by atomic mass is 19.4. The van der Waals surface area contributed by atoms with Gasteiger partial charge in [-0.3, -0.25) is 0 Å². The summed E-state index contributed by atoms with van der Waals surface area (Å²) in [6.45, 7) is 2.38. The third-order valence-corrected chi connectivity index (χ3v) is 5.16.